The van der Waals surface area contributed by atoms with Crippen molar-refractivity contribution in [2.24, 2.45) is 0 Å². The molecule has 0 aliphatic rings. The molecule has 0 amide bonds. The van der Waals surface area contributed by atoms with E-state index >= 15 is 0 Å². The van der Waals surface area contributed by atoms with Crippen molar-refractivity contribution in [3.8, 4) is 11.6 Å². The number of aromatic nitrogens is 1. The van der Waals surface area contributed by atoms with Gasteiger partial charge in [0.25, 0.3) is 0 Å². The van der Waals surface area contributed by atoms with Crippen molar-refractivity contribution in [3.05, 3.63) is 46.6 Å². The van der Waals surface area contributed by atoms with Crippen LogP contribution in [0, 0.1) is 20.8 Å². The van der Waals surface area contributed by atoms with Crippen molar-refractivity contribution in [2.45, 2.75) is 20.8 Å². The van der Waals surface area contributed by atoms with Gasteiger partial charge in [0.2, 0.25) is 5.88 Å². The molecule has 104 valence electrons. The molecule has 20 heavy (non-hydrogen) atoms. The Morgan fingerprint density at radius 1 is 1.25 bits per heavy atom. The zero-order chi connectivity index (χ0) is 14.9. The van der Waals surface area contributed by atoms with Gasteiger partial charge in [-0.25, -0.2) is 9.78 Å². The summed E-state index contributed by atoms with van der Waals surface area (Å²) < 4.78 is 5.67. The van der Waals surface area contributed by atoms with Gasteiger partial charge in [0, 0.05) is 0 Å². The first-order valence-electron chi connectivity index (χ1n) is 6.13. The van der Waals surface area contributed by atoms with E-state index in [9.17, 15) is 9.90 Å². The molecule has 0 aliphatic heterocycles. The van der Waals surface area contributed by atoms with Crippen LogP contribution in [0.1, 0.15) is 27.0 Å². The average molecular weight is 272 g/mol. The van der Waals surface area contributed by atoms with Gasteiger partial charge in [-0.3, -0.25) is 0 Å². The van der Waals surface area contributed by atoms with Crippen LogP contribution >= 0.6 is 0 Å². The largest absolute Gasteiger partial charge is 0.477 e. The maximum absolute atomic E-state index is 11.2. The Morgan fingerprint density at radius 3 is 2.60 bits per heavy atom. The van der Waals surface area contributed by atoms with Crippen molar-refractivity contribution < 1.29 is 14.6 Å². The van der Waals surface area contributed by atoms with Crippen LogP contribution < -0.4 is 10.5 Å². The topological polar surface area (TPSA) is 85.4 Å². The molecule has 0 radical (unpaired) electrons. The van der Waals surface area contributed by atoms with Crippen LogP contribution in [-0.2, 0) is 0 Å². The number of nitrogens with zero attached hydrogens (tertiary/aromatic N) is 1. The molecule has 2 aromatic rings. The Bertz CT molecular complexity index is 681. The summed E-state index contributed by atoms with van der Waals surface area (Å²) >= 11 is 0. The number of hydrogen-bond acceptors (Lipinski definition) is 4. The third kappa shape index (κ3) is 2.71. The van der Waals surface area contributed by atoms with Gasteiger partial charge in [-0.05, 0) is 49.6 Å². The summed E-state index contributed by atoms with van der Waals surface area (Å²) in [5, 5.41) is 9.17. The Kier molecular flexibility index (Phi) is 3.61. The number of pyridine rings is 1. The van der Waals surface area contributed by atoms with Gasteiger partial charge >= 0.3 is 5.97 Å². The maximum atomic E-state index is 11.2. The molecule has 0 fully saturated rings. The van der Waals surface area contributed by atoms with Gasteiger partial charge < -0.3 is 15.6 Å². The van der Waals surface area contributed by atoms with Crippen LogP contribution in [0.5, 0.6) is 11.6 Å². The minimum absolute atomic E-state index is 0.0415. The fourth-order valence-corrected chi connectivity index (χ4v) is 1.91. The number of rotatable bonds is 3. The lowest BCUT2D eigenvalue weighted by Gasteiger charge is -2.13. The first-order chi connectivity index (χ1) is 9.38. The molecule has 1 aromatic carbocycles. The number of anilines is 1. The Labute approximate surface area is 117 Å². The highest BCUT2D eigenvalue weighted by Crippen LogP contribution is 2.29. The van der Waals surface area contributed by atoms with Crippen LogP contribution in [-0.4, -0.2) is 16.1 Å². The monoisotopic (exact) mass is 272 g/mol. The van der Waals surface area contributed by atoms with Gasteiger partial charge in [-0.1, -0.05) is 6.07 Å². The Balaban J connectivity index is 2.48. The van der Waals surface area contributed by atoms with E-state index < -0.39 is 5.97 Å². The number of nitrogen functional groups attached to an aromatic ring is 1. The summed E-state index contributed by atoms with van der Waals surface area (Å²) in [4.78, 5) is 15.2. The van der Waals surface area contributed by atoms with Crippen molar-refractivity contribution >= 4 is 11.7 Å². The summed E-state index contributed by atoms with van der Waals surface area (Å²) in [6.07, 6.45) is 1.37. The summed E-state index contributed by atoms with van der Waals surface area (Å²) in [5.41, 5.74) is 8.85. The van der Waals surface area contributed by atoms with Gasteiger partial charge in [-0.15, -0.1) is 0 Å². The molecular weight excluding hydrogens is 256 g/mol. The van der Waals surface area contributed by atoms with Gasteiger partial charge in [0.15, 0.2) is 0 Å². The predicted octanol–water partition coefficient (Wildman–Crippen LogP) is 3.08. The normalized spacial score (nSPS) is 10.3. The van der Waals surface area contributed by atoms with E-state index in [0.29, 0.717) is 5.75 Å². The van der Waals surface area contributed by atoms with Crippen LogP contribution in [0.2, 0.25) is 0 Å². The molecule has 0 spiro atoms. The zero-order valence-electron chi connectivity index (χ0n) is 11.6. The zero-order valence-corrected chi connectivity index (χ0v) is 11.6. The minimum Gasteiger partial charge on any atom is -0.477 e. The smallest absolute Gasteiger partial charge is 0.341 e. The second-order valence-corrected chi connectivity index (χ2v) is 4.73. The molecule has 1 aromatic heterocycles. The van der Waals surface area contributed by atoms with Gasteiger partial charge in [-0.2, -0.15) is 0 Å². The third-order valence-corrected chi connectivity index (χ3v) is 3.07. The molecule has 5 nitrogen and oxygen atoms in total. The number of carbonyl (C=O) groups is 1. The molecular formula is C15H16N2O3. The Hall–Kier alpha value is -2.56. The first kappa shape index (κ1) is 13.9. The number of ether oxygens (including phenoxy) is 1. The lowest BCUT2D eigenvalue weighted by Crippen LogP contribution is -2.04. The van der Waals surface area contributed by atoms with E-state index in [1.807, 2.05) is 32.9 Å². The van der Waals surface area contributed by atoms with E-state index in [4.69, 9.17) is 10.5 Å². The molecule has 3 N–H and O–H groups in total. The highest BCUT2D eigenvalue weighted by molar-refractivity contribution is 5.91. The number of aromatic carboxylic acids is 1. The Morgan fingerprint density at radius 2 is 1.95 bits per heavy atom. The third-order valence-electron chi connectivity index (χ3n) is 3.07. The van der Waals surface area contributed by atoms with E-state index in [0.717, 1.165) is 16.7 Å². The lowest BCUT2D eigenvalue weighted by atomic mass is 10.1. The fraction of sp³-hybridized carbons (Fsp3) is 0.200. The SMILES string of the molecule is Cc1cc(C)c(C)c(Oc2ncc(N)cc2C(=O)O)c1. The quantitative estimate of drug-likeness (QED) is 0.896. The first-order valence-corrected chi connectivity index (χ1v) is 6.13. The van der Waals surface area contributed by atoms with E-state index in [2.05, 4.69) is 4.98 Å². The summed E-state index contributed by atoms with van der Waals surface area (Å²) in [6.45, 7) is 5.85. The molecule has 0 aliphatic carbocycles. The second-order valence-electron chi connectivity index (χ2n) is 4.73. The van der Waals surface area contributed by atoms with Crippen LogP contribution in [0.25, 0.3) is 0 Å². The number of nitrogens with two attached hydrogens (primary N) is 1. The van der Waals surface area contributed by atoms with E-state index in [-0.39, 0.29) is 17.1 Å². The van der Waals surface area contributed by atoms with Crippen LogP contribution in [0.3, 0.4) is 0 Å². The molecule has 2 rings (SSSR count). The molecule has 0 atom stereocenters. The molecule has 0 saturated heterocycles. The van der Waals surface area contributed by atoms with E-state index in [1.165, 1.54) is 12.3 Å². The highest BCUT2D eigenvalue weighted by Gasteiger charge is 2.15. The molecule has 0 saturated carbocycles. The van der Waals surface area contributed by atoms with Crippen molar-refractivity contribution in [2.75, 3.05) is 5.73 Å². The van der Waals surface area contributed by atoms with Crippen molar-refractivity contribution in [1.29, 1.82) is 0 Å². The van der Waals surface area contributed by atoms with Gasteiger partial charge in [0.1, 0.15) is 11.3 Å². The number of hydrogen-bond donors (Lipinski definition) is 2. The molecule has 0 unspecified atom stereocenters. The standard InChI is InChI=1S/C15H16N2O3/c1-8-4-9(2)10(3)13(5-8)20-14-12(15(18)19)6-11(16)7-17-14/h4-7H,16H2,1-3H3,(H,18,19). The molecule has 1 heterocycles. The molecule has 5 heteroatoms. The number of benzene rings is 1. The average Bonchev–Trinajstić information content (AvgIpc) is 2.37. The highest BCUT2D eigenvalue weighted by atomic mass is 16.5. The summed E-state index contributed by atoms with van der Waals surface area (Å²) in [5.74, 6) is -0.483. The molecule has 0 bridgehead atoms. The number of carboxylic acid groups (broad SMARTS) is 1. The van der Waals surface area contributed by atoms with Crippen LogP contribution in [0.15, 0.2) is 24.4 Å². The second kappa shape index (κ2) is 5.21. The lowest BCUT2D eigenvalue weighted by molar-refractivity contribution is 0.0693. The summed E-state index contributed by atoms with van der Waals surface area (Å²) in [7, 11) is 0. The fourth-order valence-electron chi connectivity index (χ4n) is 1.91. The van der Waals surface area contributed by atoms with Crippen LogP contribution in [0.4, 0.5) is 5.69 Å². The summed E-state index contributed by atoms with van der Waals surface area (Å²) in [6, 6.07) is 5.23. The number of aryl methyl sites for hydroxylation is 2. The van der Waals surface area contributed by atoms with E-state index in [1.54, 1.807) is 0 Å². The number of carboxylic acids is 1. The predicted molar refractivity (Wildman–Crippen MR) is 76.3 cm³/mol. The van der Waals surface area contributed by atoms with Crippen molar-refractivity contribution in [1.82, 2.24) is 4.98 Å². The minimum atomic E-state index is -1.12. The maximum Gasteiger partial charge on any atom is 0.341 e. The van der Waals surface area contributed by atoms with Gasteiger partial charge in [0.05, 0.1) is 11.9 Å². The van der Waals surface area contributed by atoms with Crippen molar-refractivity contribution in [3.63, 3.8) is 0 Å².